The van der Waals surface area contributed by atoms with Gasteiger partial charge in [0.1, 0.15) is 5.75 Å². The Labute approximate surface area is 204 Å². The van der Waals surface area contributed by atoms with E-state index in [0.717, 1.165) is 11.1 Å². The van der Waals surface area contributed by atoms with E-state index in [2.05, 4.69) is 10.0 Å². The van der Waals surface area contributed by atoms with Gasteiger partial charge in [0.2, 0.25) is 0 Å². The normalized spacial score (nSPS) is 11.2. The molecule has 3 aromatic carbocycles. The number of carbonyl (C=O) groups is 2. The molecule has 0 spiro atoms. The third-order valence-corrected chi connectivity index (χ3v) is 6.35. The zero-order valence-corrected chi connectivity index (χ0v) is 20.4. The van der Waals surface area contributed by atoms with Crippen LogP contribution in [0.25, 0.3) is 6.08 Å². The summed E-state index contributed by atoms with van der Waals surface area (Å²) in [7, 11) is -2.25. The van der Waals surface area contributed by atoms with Gasteiger partial charge in [-0.25, -0.2) is 13.2 Å². The van der Waals surface area contributed by atoms with Gasteiger partial charge >= 0.3 is 5.97 Å². The van der Waals surface area contributed by atoms with Crippen LogP contribution >= 0.6 is 0 Å². The van der Waals surface area contributed by atoms with Gasteiger partial charge in [0, 0.05) is 17.5 Å². The number of rotatable bonds is 9. The highest BCUT2D eigenvalue weighted by Crippen LogP contribution is 2.20. The summed E-state index contributed by atoms with van der Waals surface area (Å²) in [6, 6.07) is 18.1. The molecule has 3 aromatic rings. The minimum absolute atomic E-state index is 0.0659. The number of carbonyl (C=O) groups excluding carboxylic acids is 2. The summed E-state index contributed by atoms with van der Waals surface area (Å²) in [6.07, 6.45) is 2.64. The van der Waals surface area contributed by atoms with Crippen LogP contribution in [0.5, 0.6) is 5.75 Å². The Balaban J connectivity index is 1.53. The van der Waals surface area contributed by atoms with Gasteiger partial charge in [-0.15, -0.1) is 0 Å². The molecule has 0 aliphatic heterocycles. The number of ether oxygens (including phenoxy) is 2. The van der Waals surface area contributed by atoms with E-state index in [9.17, 15) is 18.0 Å². The Hall–Kier alpha value is -4.11. The van der Waals surface area contributed by atoms with Crippen molar-refractivity contribution < 1.29 is 27.5 Å². The molecule has 1 amide bonds. The lowest BCUT2D eigenvalue weighted by atomic mass is 10.1. The van der Waals surface area contributed by atoms with Crippen molar-refractivity contribution in [2.45, 2.75) is 18.7 Å². The topological polar surface area (TPSA) is 111 Å². The molecule has 0 heterocycles. The highest BCUT2D eigenvalue weighted by molar-refractivity contribution is 7.92. The second kappa shape index (κ2) is 11.3. The molecule has 0 aromatic heterocycles. The van der Waals surface area contributed by atoms with Crippen molar-refractivity contribution in [2.24, 2.45) is 0 Å². The average Bonchev–Trinajstić information content (AvgIpc) is 2.84. The molecule has 0 saturated heterocycles. The fraction of sp³-hybridized carbons (Fsp3) is 0.154. The zero-order chi connectivity index (χ0) is 25.4. The first-order valence-corrected chi connectivity index (χ1v) is 12.1. The predicted molar refractivity (Wildman–Crippen MR) is 135 cm³/mol. The van der Waals surface area contributed by atoms with Crippen LogP contribution in [0.2, 0.25) is 0 Å². The van der Waals surface area contributed by atoms with E-state index < -0.39 is 28.5 Å². The van der Waals surface area contributed by atoms with Crippen molar-refractivity contribution in [3.05, 3.63) is 89.5 Å². The Morgan fingerprint density at radius 3 is 2.29 bits per heavy atom. The largest absolute Gasteiger partial charge is 0.497 e. The molecule has 0 aliphatic carbocycles. The summed E-state index contributed by atoms with van der Waals surface area (Å²) in [4.78, 5) is 24.1. The molecule has 0 saturated carbocycles. The van der Waals surface area contributed by atoms with E-state index in [1.165, 1.54) is 31.4 Å². The number of benzene rings is 3. The zero-order valence-electron chi connectivity index (χ0n) is 19.6. The Morgan fingerprint density at radius 1 is 0.943 bits per heavy atom. The SMILES string of the molecule is COc1ccc(NS(=O)(=O)c2ccc(/C=C/C(=O)OCC(=O)Nc3cc(C)ccc3C)cc2)cc1. The average molecular weight is 495 g/mol. The lowest BCUT2D eigenvalue weighted by molar-refractivity contribution is -0.142. The fourth-order valence-electron chi connectivity index (χ4n) is 3.04. The second-order valence-electron chi connectivity index (χ2n) is 7.71. The Bertz CT molecular complexity index is 1330. The third-order valence-electron chi connectivity index (χ3n) is 4.96. The van der Waals surface area contributed by atoms with E-state index in [1.54, 1.807) is 36.4 Å². The summed E-state index contributed by atoms with van der Waals surface area (Å²) in [5.41, 5.74) is 3.56. The molecule has 0 atom stereocenters. The number of methoxy groups -OCH3 is 1. The van der Waals surface area contributed by atoms with Gasteiger partial charge in [-0.2, -0.15) is 0 Å². The minimum Gasteiger partial charge on any atom is -0.497 e. The van der Waals surface area contributed by atoms with Crippen molar-refractivity contribution >= 4 is 39.4 Å². The van der Waals surface area contributed by atoms with Crippen LogP contribution in [0.3, 0.4) is 0 Å². The van der Waals surface area contributed by atoms with Crippen LogP contribution in [-0.4, -0.2) is 34.0 Å². The van der Waals surface area contributed by atoms with Gasteiger partial charge in [-0.05, 0) is 79.1 Å². The summed E-state index contributed by atoms with van der Waals surface area (Å²) in [5.74, 6) is -0.525. The van der Waals surface area contributed by atoms with Crippen molar-refractivity contribution in [2.75, 3.05) is 23.8 Å². The smallest absolute Gasteiger partial charge is 0.331 e. The van der Waals surface area contributed by atoms with E-state index in [0.29, 0.717) is 22.7 Å². The molecule has 182 valence electrons. The number of hydrogen-bond acceptors (Lipinski definition) is 6. The van der Waals surface area contributed by atoms with Crippen LogP contribution in [0.15, 0.2) is 77.7 Å². The van der Waals surface area contributed by atoms with E-state index in [1.807, 2.05) is 32.0 Å². The summed E-state index contributed by atoms with van der Waals surface area (Å²) < 4.78 is 37.7. The lowest BCUT2D eigenvalue weighted by Crippen LogP contribution is -2.20. The molecule has 0 bridgehead atoms. The number of amides is 1. The molecular formula is C26H26N2O6S. The van der Waals surface area contributed by atoms with E-state index >= 15 is 0 Å². The van der Waals surface area contributed by atoms with Gasteiger partial charge in [-0.3, -0.25) is 9.52 Å². The molecule has 0 unspecified atom stereocenters. The van der Waals surface area contributed by atoms with Gasteiger partial charge in [0.05, 0.1) is 12.0 Å². The van der Waals surface area contributed by atoms with Crippen LogP contribution in [0, 0.1) is 13.8 Å². The summed E-state index contributed by atoms with van der Waals surface area (Å²) >= 11 is 0. The molecule has 8 nitrogen and oxygen atoms in total. The minimum atomic E-state index is -3.78. The fourth-order valence-corrected chi connectivity index (χ4v) is 4.10. The van der Waals surface area contributed by atoms with Crippen LogP contribution < -0.4 is 14.8 Å². The van der Waals surface area contributed by atoms with Gasteiger partial charge < -0.3 is 14.8 Å². The maximum absolute atomic E-state index is 12.6. The van der Waals surface area contributed by atoms with Crippen LogP contribution in [0.1, 0.15) is 16.7 Å². The van der Waals surface area contributed by atoms with Gasteiger partial charge in [-0.1, -0.05) is 24.3 Å². The maximum atomic E-state index is 12.6. The second-order valence-corrected chi connectivity index (χ2v) is 9.39. The number of aryl methyl sites for hydroxylation is 2. The molecule has 0 aliphatic rings. The predicted octanol–water partition coefficient (Wildman–Crippen LogP) is 4.31. The number of anilines is 2. The quantitative estimate of drug-likeness (QED) is 0.339. The standard InChI is InChI=1S/C26H26N2O6S/c1-18-4-5-19(2)24(16-18)27-25(29)17-34-26(30)15-8-20-6-13-23(14-7-20)35(31,32)28-21-9-11-22(33-3)12-10-21/h4-16,28H,17H2,1-3H3,(H,27,29)/b15-8+. The molecule has 3 rings (SSSR count). The first-order valence-electron chi connectivity index (χ1n) is 10.7. The maximum Gasteiger partial charge on any atom is 0.331 e. The number of sulfonamides is 1. The van der Waals surface area contributed by atoms with Crippen molar-refractivity contribution in [1.29, 1.82) is 0 Å². The molecular weight excluding hydrogens is 468 g/mol. The first-order chi connectivity index (χ1) is 16.7. The molecule has 0 fully saturated rings. The molecule has 2 N–H and O–H groups in total. The molecule has 35 heavy (non-hydrogen) atoms. The number of hydrogen-bond donors (Lipinski definition) is 2. The number of esters is 1. The number of nitrogens with one attached hydrogen (secondary N) is 2. The Morgan fingerprint density at radius 2 is 1.63 bits per heavy atom. The van der Waals surface area contributed by atoms with E-state index in [4.69, 9.17) is 9.47 Å². The monoisotopic (exact) mass is 494 g/mol. The molecule has 9 heteroatoms. The summed E-state index contributed by atoms with van der Waals surface area (Å²) in [6.45, 7) is 3.36. The highest BCUT2D eigenvalue weighted by Gasteiger charge is 2.14. The van der Waals surface area contributed by atoms with Crippen molar-refractivity contribution in [1.82, 2.24) is 0 Å². The van der Waals surface area contributed by atoms with Crippen molar-refractivity contribution in [3.8, 4) is 5.75 Å². The highest BCUT2D eigenvalue weighted by atomic mass is 32.2. The van der Waals surface area contributed by atoms with Crippen LogP contribution in [0.4, 0.5) is 11.4 Å². The summed E-state index contributed by atoms with van der Waals surface area (Å²) in [5, 5.41) is 2.71. The van der Waals surface area contributed by atoms with Gasteiger partial charge in [0.25, 0.3) is 15.9 Å². The lowest BCUT2D eigenvalue weighted by Gasteiger charge is -2.09. The first kappa shape index (κ1) is 25.5. The van der Waals surface area contributed by atoms with Crippen molar-refractivity contribution in [3.63, 3.8) is 0 Å². The molecule has 0 radical (unpaired) electrons. The van der Waals surface area contributed by atoms with Gasteiger partial charge in [0.15, 0.2) is 6.61 Å². The third kappa shape index (κ3) is 7.44. The van der Waals surface area contributed by atoms with E-state index in [-0.39, 0.29) is 4.90 Å². The van der Waals surface area contributed by atoms with Crippen LogP contribution in [-0.2, 0) is 24.3 Å². The Kier molecular flexibility index (Phi) is 8.27.